The Morgan fingerprint density at radius 3 is 3.00 bits per heavy atom. The molecule has 3 aliphatic heterocycles. The SMILES string of the molecule is O=C(c1cnccn1)N1CC2CCC(C1)N(Cc1cccc3nonc13)C2. The number of carbonyl (C=O) groups excluding carboxylic acids is 1. The van der Waals surface area contributed by atoms with E-state index in [9.17, 15) is 4.79 Å². The molecule has 0 saturated carbocycles. The average molecular weight is 364 g/mol. The molecule has 5 heterocycles. The maximum absolute atomic E-state index is 12.9. The number of carbonyl (C=O) groups is 1. The first kappa shape index (κ1) is 16.3. The van der Waals surface area contributed by atoms with Gasteiger partial charge in [-0.15, -0.1) is 0 Å². The lowest BCUT2D eigenvalue weighted by molar-refractivity contribution is 0.0729. The molecule has 0 N–H and O–H groups in total. The summed E-state index contributed by atoms with van der Waals surface area (Å²) in [5.74, 6) is 0.448. The number of rotatable bonds is 3. The van der Waals surface area contributed by atoms with E-state index in [2.05, 4.69) is 31.2 Å². The molecule has 138 valence electrons. The normalized spacial score (nSPS) is 22.9. The van der Waals surface area contributed by atoms with Crippen LogP contribution in [-0.4, -0.2) is 61.7 Å². The van der Waals surface area contributed by atoms with Crippen molar-refractivity contribution in [2.45, 2.75) is 25.4 Å². The average Bonchev–Trinajstić information content (AvgIpc) is 3.02. The summed E-state index contributed by atoms with van der Waals surface area (Å²) < 4.78 is 4.89. The largest absolute Gasteiger partial charge is 0.335 e. The molecule has 1 aromatic carbocycles. The van der Waals surface area contributed by atoms with Crippen LogP contribution in [0.1, 0.15) is 28.9 Å². The molecule has 6 rings (SSSR count). The van der Waals surface area contributed by atoms with Crippen LogP contribution in [0, 0.1) is 5.92 Å². The number of piperidine rings is 1. The highest BCUT2D eigenvalue weighted by atomic mass is 16.6. The molecule has 3 aliphatic rings. The second-order valence-electron chi connectivity index (χ2n) is 7.38. The van der Waals surface area contributed by atoms with Crippen LogP contribution in [0.4, 0.5) is 0 Å². The zero-order valence-electron chi connectivity index (χ0n) is 14.9. The van der Waals surface area contributed by atoms with Gasteiger partial charge in [-0.05, 0) is 40.7 Å². The van der Waals surface area contributed by atoms with Crippen molar-refractivity contribution in [1.29, 1.82) is 0 Å². The van der Waals surface area contributed by atoms with E-state index < -0.39 is 0 Å². The molecule has 3 aromatic rings. The maximum Gasteiger partial charge on any atom is 0.274 e. The van der Waals surface area contributed by atoms with E-state index in [4.69, 9.17) is 4.63 Å². The van der Waals surface area contributed by atoms with Crippen LogP contribution in [0.15, 0.2) is 41.4 Å². The number of fused-ring (bicyclic) bond motifs is 5. The third-order valence-electron chi connectivity index (χ3n) is 5.64. The highest BCUT2D eigenvalue weighted by Gasteiger charge is 2.37. The summed E-state index contributed by atoms with van der Waals surface area (Å²) in [4.78, 5) is 25.5. The molecule has 2 bridgehead atoms. The quantitative estimate of drug-likeness (QED) is 0.699. The molecule has 2 atom stereocenters. The molecule has 0 spiro atoms. The van der Waals surface area contributed by atoms with Crippen LogP contribution in [0.5, 0.6) is 0 Å². The third-order valence-corrected chi connectivity index (χ3v) is 5.64. The summed E-state index contributed by atoms with van der Waals surface area (Å²) in [6.07, 6.45) is 6.96. The van der Waals surface area contributed by atoms with Crippen molar-refractivity contribution in [3.63, 3.8) is 0 Å². The Kier molecular flexibility index (Phi) is 4.05. The van der Waals surface area contributed by atoms with E-state index in [1.165, 1.54) is 0 Å². The fourth-order valence-corrected chi connectivity index (χ4v) is 4.32. The molecule has 3 fully saturated rings. The first-order valence-corrected chi connectivity index (χ1v) is 9.27. The van der Waals surface area contributed by atoms with E-state index >= 15 is 0 Å². The molecule has 3 saturated heterocycles. The molecule has 0 radical (unpaired) electrons. The molecule has 8 heteroatoms. The van der Waals surface area contributed by atoms with E-state index in [-0.39, 0.29) is 5.91 Å². The van der Waals surface area contributed by atoms with Gasteiger partial charge in [0, 0.05) is 44.6 Å². The Hall–Kier alpha value is -2.87. The van der Waals surface area contributed by atoms with Crippen molar-refractivity contribution >= 4 is 16.9 Å². The predicted octanol–water partition coefficient (Wildman–Crippen LogP) is 1.75. The van der Waals surface area contributed by atoms with Crippen LogP contribution in [0.3, 0.4) is 0 Å². The molecule has 8 nitrogen and oxygen atoms in total. The van der Waals surface area contributed by atoms with Crippen LogP contribution < -0.4 is 0 Å². The highest BCUT2D eigenvalue weighted by Crippen LogP contribution is 2.30. The number of hydrogen-bond acceptors (Lipinski definition) is 7. The molecule has 2 unspecified atom stereocenters. The Labute approximate surface area is 156 Å². The number of hydrogen-bond donors (Lipinski definition) is 0. The summed E-state index contributed by atoms with van der Waals surface area (Å²) in [6.45, 7) is 3.27. The second-order valence-corrected chi connectivity index (χ2v) is 7.38. The van der Waals surface area contributed by atoms with Gasteiger partial charge in [0.05, 0.1) is 6.20 Å². The summed E-state index contributed by atoms with van der Waals surface area (Å²) in [7, 11) is 0. The first-order chi connectivity index (χ1) is 13.3. The van der Waals surface area contributed by atoms with Crippen molar-refractivity contribution in [3.05, 3.63) is 48.0 Å². The minimum Gasteiger partial charge on any atom is -0.335 e. The Morgan fingerprint density at radius 1 is 1.15 bits per heavy atom. The monoisotopic (exact) mass is 364 g/mol. The van der Waals surface area contributed by atoms with Gasteiger partial charge in [-0.1, -0.05) is 12.1 Å². The lowest BCUT2D eigenvalue weighted by Crippen LogP contribution is -2.44. The van der Waals surface area contributed by atoms with Crippen LogP contribution >= 0.6 is 0 Å². The van der Waals surface area contributed by atoms with Gasteiger partial charge in [0.1, 0.15) is 16.7 Å². The van der Waals surface area contributed by atoms with Gasteiger partial charge in [-0.3, -0.25) is 14.7 Å². The summed E-state index contributed by atoms with van der Waals surface area (Å²) >= 11 is 0. The van der Waals surface area contributed by atoms with Gasteiger partial charge in [0.15, 0.2) is 0 Å². The predicted molar refractivity (Wildman–Crippen MR) is 96.7 cm³/mol. The Morgan fingerprint density at radius 2 is 2.11 bits per heavy atom. The minimum absolute atomic E-state index is 0.0235. The number of nitrogens with zero attached hydrogens (tertiary/aromatic N) is 6. The van der Waals surface area contributed by atoms with Crippen LogP contribution in [0.2, 0.25) is 0 Å². The molecule has 2 aromatic heterocycles. The summed E-state index contributed by atoms with van der Waals surface area (Å²) in [6, 6.07) is 6.31. The highest BCUT2D eigenvalue weighted by molar-refractivity contribution is 5.92. The fraction of sp³-hybridized carbons (Fsp3) is 0.421. The molecule has 0 aliphatic carbocycles. The van der Waals surface area contributed by atoms with E-state index in [1.54, 1.807) is 18.6 Å². The van der Waals surface area contributed by atoms with Crippen molar-refractivity contribution in [3.8, 4) is 0 Å². The lowest BCUT2D eigenvalue weighted by Gasteiger charge is -2.36. The van der Waals surface area contributed by atoms with Gasteiger partial charge in [0.25, 0.3) is 5.91 Å². The standard InChI is InChI=1S/C19H20N6O2/c26-19(17-8-20-6-7-21-17)25-10-13-4-5-15(12-25)24(9-13)11-14-2-1-3-16-18(14)23-27-22-16/h1-3,6-8,13,15H,4-5,9-12H2. The van der Waals surface area contributed by atoms with Gasteiger partial charge < -0.3 is 4.90 Å². The maximum atomic E-state index is 12.9. The van der Waals surface area contributed by atoms with E-state index in [0.717, 1.165) is 55.6 Å². The van der Waals surface area contributed by atoms with Crippen molar-refractivity contribution in [1.82, 2.24) is 30.1 Å². The number of benzene rings is 1. The van der Waals surface area contributed by atoms with Crippen molar-refractivity contribution in [2.24, 2.45) is 5.92 Å². The van der Waals surface area contributed by atoms with Gasteiger partial charge in [-0.2, -0.15) is 0 Å². The zero-order chi connectivity index (χ0) is 18.2. The summed E-state index contributed by atoms with van der Waals surface area (Å²) in [5, 5.41) is 8.00. The lowest BCUT2D eigenvalue weighted by atomic mass is 9.94. The third kappa shape index (κ3) is 3.06. The van der Waals surface area contributed by atoms with Gasteiger partial charge in [0.2, 0.25) is 0 Å². The Bertz CT molecular complexity index is 959. The smallest absolute Gasteiger partial charge is 0.274 e. The molecular formula is C19H20N6O2. The molecule has 27 heavy (non-hydrogen) atoms. The van der Waals surface area contributed by atoms with E-state index in [0.29, 0.717) is 17.7 Å². The first-order valence-electron chi connectivity index (χ1n) is 9.27. The minimum atomic E-state index is -0.0235. The zero-order valence-corrected chi connectivity index (χ0v) is 14.9. The number of aromatic nitrogens is 4. The van der Waals surface area contributed by atoms with Crippen LogP contribution in [0.25, 0.3) is 11.0 Å². The molecule has 1 amide bonds. The van der Waals surface area contributed by atoms with E-state index in [1.807, 2.05) is 17.0 Å². The van der Waals surface area contributed by atoms with Gasteiger partial charge in [-0.25, -0.2) is 9.61 Å². The van der Waals surface area contributed by atoms with Gasteiger partial charge >= 0.3 is 0 Å². The topological polar surface area (TPSA) is 88.3 Å². The molecular weight excluding hydrogens is 344 g/mol. The Balaban J connectivity index is 1.37. The fourth-order valence-electron chi connectivity index (χ4n) is 4.32. The van der Waals surface area contributed by atoms with Crippen molar-refractivity contribution < 1.29 is 9.42 Å². The summed E-state index contributed by atoms with van der Waals surface area (Å²) in [5.41, 5.74) is 3.15. The number of amides is 1. The van der Waals surface area contributed by atoms with Crippen LogP contribution in [-0.2, 0) is 6.54 Å². The van der Waals surface area contributed by atoms with Crippen molar-refractivity contribution in [2.75, 3.05) is 19.6 Å². The second kappa shape index (κ2) is 6.70.